The molecule has 8 heteroatoms. The summed E-state index contributed by atoms with van der Waals surface area (Å²) in [6.07, 6.45) is 0.357. The van der Waals surface area contributed by atoms with Crippen molar-refractivity contribution in [3.8, 4) is 0 Å². The molecule has 0 amide bonds. The fourth-order valence-electron chi connectivity index (χ4n) is 1.64. The number of halogens is 2. The Balaban J connectivity index is 2.23. The summed E-state index contributed by atoms with van der Waals surface area (Å²) in [5.41, 5.74) is 0.134. The van der Waals surface area contributed by atoms with Gasteiger partial charge in [0.1, 0.15) is 6.10 Å². The molecule has 0 spiro atoms. The van der Waals surface area contributed by atoms with E-state index in [9.17, 15) is 13.2 Å². The summed E-state index contributed by atoms with van der Waals surface area (Å²) in [7, 11) is 1.36. The molecule has 1 saturated heterocycles. The lowest BCUT2D eigenvalue weighted by molar-refractivity contribution is 0.0270. The van der Waals surface area contributed by atoms with Gasteiger partial charge in [-0.2, -0.15) is 0 Å². The van der Waals surface area contributed by atoms with E-state index in [0.717, 1.165) is 0 Å². The minimum Gasteiger partial charge on any atom is -0.456 e. The summed E-state index contributed by atoms with van der Waals surface area (Å²) in [6, 6.07) is 4.09. The molecule has 1 aromatic rings. The van der Waals surface area contributed by atoms with Crippen LogP contribution in [0.25, 0.3) is 0 Å². The highest BCUT2D eigenvalue weighted by molar-refractivity contribution is 9.10. The van der Waals surface area contributed by atoms with Gasteiger partial charge in [0.2, 0.25) is 0 Å². The van der Waals surface area contributed by atoms with Gasteiger partial charge in [-0.1, -0.05) is 0 Å². The lowest BCUT2D eigenvalue weighted by Gasteiger charge is -2.10. The minimum atomic E-state index is -3.92. The Morgan fingerprint density at radius 2 is 2.21 bits per heavy atom. The van der Waals surface area contributed by atoms with Crippen LogP contribution in [-0.2, 0) is 18.5 Å². The average molecular weight is 370 g/mol. The number of carbonyl (C=O) groups excluding carboxylic acids is 1. The van der Waals surface area contributed by atoms with Crippen molar-refractivity contribution in [3.63, 3.8) is 0 Å². The first-order valence-electron chi connectivity index (χ1n) is 5.41. The van der Waals surface area contributed by atoms with Crippen LogP contribution in [0.3, 0.4) is 0 Å². The molecule has 0 bridgehead atoms. The van der Waals surface area contributed by atoms with E-state index in [2.05, 4.69) is 15.9 Å². The van der Waals surface area contributed by atoms with Gasteiger partial charge >= 0.3 is 5.97 Å². The molecule has 1 fully saturated rings. The molecule has 2 rings (SSSR count). The zero-order valence-electron chi connectivity index (χ0n) is 9.64. The largest absolute Gasteiger partial charge is 0.456 e. The molecule has 1 unspecified atom stereocenters. The van der Waals surface area contributed by atoms with Crippen molar-refractivity contribution < 1.29 is 22.7 Å². The Labute approximate surface area is 123 Å². The molecular weight excluding hydrogens is 360 g/mol. The summed E-state index contributed by atoms with van der Waals surface area (Å²) >= 11 is 3.07. The summed E-state index contributed by atoms with van der Waals surface area (Å²) in [5.74, 6) is -0.593. The summed E-state index contributed by atoms with van der Waals surface area (Å²) < 4.78 is 33.2. The Morgan fingerprint density at radius 3 is 2.79 bits per heavy atom. The van der Waals surface area contributed by atoms with E-state index in [1.807, 2.05) is 0 Å². The highest BCUT2D eigenvalue weighted by atomic mass is 79.9. The lowest BCUT2D eigenvalue weighted by Crippen LogP contribution is -2.18. The van der Waals surface area contributed by atoms with Crippen molar-refractivity contribution in [2.24, 2.45) is 0 Å². The number of rotatable bonds is 3. The number of esters is 1. The highest BCUT2D eigenvalue weighted by Gasteiger charge is 2.23. The zero-order chi connectivity index (χ0) is 14.0. The number of benzene rings is 1. The standard InChI is InChI=1S/C11H10BrClO5S/c12-9-2-1-7(5-10(9)19(13,15)16)11(14)18-8-3-4-17-6-8/h1-2,5,8H,3-4,6H2. The quantitative estimate of drug-likeness (QED) is 0.604. The first-order valence-corrected chi connectivity index (χ1v) is 8.51. The summed E-state index contributed by atoms with van der Waals surface area (Å²) in [6.45, 7) is 0.919. The Kier molecular flexibility index (Phi) is 4.50. The Hall–Kier alpha value is -0.630. The molecule has 0 aromatic heterocycles. The van der Waals surface area contributed by atoms with Gasteiger partial charge in [0, 0.05) is 21.6 Å². The molecule has 1 aliphatic heterocycles. The number of hydrogen-bond acceptors (Lipinski definition) is 5. The average Bonchev–Trinajstić information content (AvgIpc) is 2.80. The normalized spacial score (nSPS) is 19.4. The van der Waals surface area contributed by atoms with Gasteiger partial charge in [-0.25, -0.2) is 13.2 Å². The molecule has 19 heavy (non-hydrogen) atoms. The third-order valence-corrected chi connectivity index (χ3v) is 4.91. The smallest absolute Gasteiger partial charge is 0.338 e. The van der Waals surface area contributed by atoms with E-state index < -0.39 is 15.0 Å². The second-order valence-corrected chi connectivity index (χ2v) is 7.36. The van der Waals surface area contributed by atoms with Crippen molar-refractivity contribution in [3.05, 3.63) is 28.2 Å². The van der Waals surface area contributed by atoms with Gasteiger partial charge in [-0.15, -0.1) is 0 Å². The minimum absolute atomic E-state index is 0.134. The van der Waals surface area contributed by atoms with Crippen LogP contribution in [0.5, 0.6) is 0 Å². The van der Waals surface area contributed by atoms with Crippen molar-refractivity contribution in [1.82, 2.24) is 0 Å². The van der Waals surface area contributed by atoms with Gasteiger partial charge in [0.15, 0.2) is 0 Å². The highest BCUT2D eigenvalue weighted by Crippen LogP contribution is 2.26. The first-order chi connectivity index (χ1) is 8.88. The molecule has 5 nitrogen and oxygen atoms in total. The molecule has 1 heterocycles. The zero-order valence-corrected chi connectivity index (χ0v) is 12.8. The van der Waals surface area contributed by atoms with Gasteiger partial charge < -0.3 is 9.47 Å². The van der Waals surface area contributed by atoms with Crippen LogP contribution >= 0.6 is 26.6 Å². The van der Waals surface area contributed by atoms with Crippen LogP contribution in [0.4, 0.5) is 0 Å². The third kappa shape index (κ3) is 3.68. The molecule has 0 radical (unpaired) electrons. The van der Waals surface area contributed by atoms with Gasteiger partial charge in [0.25, 0.3) is 9.05 Å². The molecule has 104 valence electrons. The lowest BCUT2D eigenvalue weighted by atomic mass is 10.2. The van der Waals surface area contributed by atoms with E-state index in [4.69, 9.17) is 20.2 Å². The molecular formula is C11H10BrClO5S. The molecule has 0 N–H and O–H groups in total. The van der Waals surface area contributed by atoms with Gasteiger partial charge in [-0.05, 0) is 34.1 Å². The van der Waals surface area contributed by atoms with E-state index in [-0.39, 0.29) is 16.6 Å². The number of hydrogen-bond donors (Lipinski definition) is 0. The van der Waals surface area contributed by atoms with Crippen molar-refractivity contribution >= 4 is 41.6 Å². The second kappa shape index (κ2) is 5.78. The summed E-state index contributed by atoms with van der Waals surface area (Å²) in [5, 5.41) is 0. The molecule has 1 aromatic carbocycles. The van der Waals surface area contributed by atoms with Crippen molar-refractivity contribution in [2.75, 3.05) is 13.2 Å². The van der Waals surface area contributed by atoms with E-state index in [0.29, 0.717) is 24.1 Å². The van der Waals surface area contributed by atoms with E-state index in [1.54, 1.807) is 0 Å². The predicted molar refractivity (Wildman–Crippen MR) is 71.8 cm³/mol. The Bertz CT molecular complexity index is 595. The number of carbonyl (C=O) groups is 1. The molecule has 1 atom stereocenters. The van der Waals surface area contributed by atoms with E-state index in [1.165, 1.54) is 18.2 Å². The maximum Gasteiger partial charge on any atom is 0.338 e. The molecule has 1 aliphatic rings. The maximum absolute atomic E-state index is 11.9. The molecule has 0 aliphatic carbocycles. The molecule has 0 saturated carbocycles. The van der Waals surface area contributed by atoms with Gasteiger partial charge in [0.05, 0.1) is 23.7 Å². The van der Waals surface area contributed by atoms with Crippen LogP contribution in [0.2, 0.25) is 0 Å². The predicted octanol–water partition coefficient (Wildman–Crippen LogP) is 2.32. The van der Waals surface area contributed by atoms with Crippen LogP contribution in [-0.4, -0.2) is 33.7 Å². The van der Waals surface area contributed by atoms with Crippen LogP contribution < -0.4 is 0 Å². The Morgan fingerprint density at radius 1 is 1.47 bits per heavy atom. The van der Waals surface area contributed by atoms with Crippen LogP contribution in [0.15, 0.2) is 27.6 Å². The number of ether oxygens (including phenoxy) is 2. The summed E-state index contributed by atoms with van der Waals surface area (Å²) in [4.78, 5) is 11.7. The first kappa shape index (κ1) is 14.8. The monoisotopic (exact) mass is 368 g/mol. The van der Waals surface area contributed by atoms with Crippen LogP contribution in [0.1, 0.15) is 16.8 Å². The topological polar surface area (TPSA) is 69.7 Å². The fraction of sp³-hybridized carbons (Fsp3) is 0.364. The second-order valence-electron chi connectivity index (χ2n) is 3.97. The van der Waals surface area contributed by atoms with E-state index >= 15 is 0 Å². The third-order valence-electron chi connectivity index (χ3n) is 2.59. The maximum atomic E-state index is 11.9. The fourth-order valence-corrected chi connectivity index (χ4v) is 3.76. The van der Waals surface area contributed by atoms with Gasteiger partial charge in [-0.3, -0.25) is 0 Å². The van der Waals surface area contributed by atoms with Crippen LogP contribution in [0, 0.1) is 0 Å². The SMILES string of the molecule is O=C(OC1CCOC1)c1ccc(Br)c(S(=O)(=O)Cl)c1. The van der Waals surface area contributed by atoms with Crippen molar-refractivity contribution in [2.45, 2.75) is 17.4 Å². The van der Waals surface area contributed by atoms with Crippen molar-refractivity contribution in [1.29, 1.82) is 0 Å².